The van der Waals surface area contributed by atoms with Crippen LogP contribution in [0.2, 0.25) is 0 Å². The third-order valence-electron chi connectivity index (χ3n) is 3.19. The summed E-state index contributed by atoms with van der Waals surface area (Å²) >= 11 is 1.38. The van der Waals surface area contributed by atoms with Gasteiger partial charge in [0, 0.05) is 31.7 Å². The SMILES string of the molecule is COCCCN1CC(C)c2cc(C)sc2S1(=O)=O. The van der Waals surface area contributed by atoms with Gasteiger partial charge in [-0.3, -0.25) is 0 Å². The fourth-order valence-corrected chi connectivity index (χ4v) is 5.84. The zero-order valence-electron chi connectivity index (χ0n) is 11.0. The van der Waals surface area contributed by atoms with Crippen LogP contribution < -0.4 is 0 Å². The van der Waals surface area contributed by atoms with E-state index in [2.05, 4.69) is 6.92 Å². The molecule has 0 radical (unpaired) electrons. The molecule has 0 saturated carbocycles. The molecular weight excluding hydrogens is 270 g/mol. The molecule has 6 heteroatoms. The minimum absolute atomic E-state index is 0.274. The van der Waals surface area contributed by atoms with Crippen LogP contribution in [0, 0.1) is 6.92 Å². The molecule has 1 aliphatic heterocycles. The summed E-state index contributed by atoms with van der Waals surface area (Å²) < 4.78 is 32.0. The number of thiophene rings is 1. The Kier molecular flexibility index (Phi) is 4.11. The molecule has 1 atom stereocenters. The zero-order valence-corrected chi connectivity index (χ0v) is 12.6. The van der Waals surface area contributed by atoms with E-state index in [0.29, 0.717) is 23.9 Å². The highest BCUT2D eigenvalue weighted by Crippen LogP contribution is 2.38. The minimum Gasteiger partial charge on any atom is -0.385 e. The molecule has 0 amide bonds. The van der Waals surface area contributed by atoms with E-state index in [0.717, 1.165) is 16.9 Å². The van der Waals surface area contributed by atoms with Gasteiger partial charge in [0.1, 0.15) is 4.21 Å². The van der Waals surface area contributed by atoms with E-state index < -0.39 is 10.0 Å². The van der Waals surface area contributed by atoms with Gasteiger partial charge >= 0.3 is 0 Å². The Morgan fingerprint density at radius 2 is 2.28 bits per heavy atom. The lowest BCUT2D eigenvalue weighted by Crippen LogP contribution is -2.39. The Morgan fingerprint density at radius 1 is 1.56 bits per heavy atom. The van der Waals surface area contributed by atoms with Crippen molar-refractivity contribution < 1.29 is 13.2 Å². The second-order valence-corrected chi connectivity index (χ2v) is 8.10. The van der Waals surface area contributed by atoms with Gasteiger partial charge in [-0.1, -0.05) is 6.92 Å². The van der Waals surface area contributed by atoms with Crippen molar-refractivity contribution in [1.29, 1.82) is 0 Å². The maximum Gasteiger partial charge on any atom is 0.252 e. The first-order chi connectivity index (χ1) is 8.46. The normalized spacial score (nSPS) is 22.9. The molecule has 18 heavy (non-hydrogen) atoms. The number of methoxy groups -OCH3 is 1. The van der Waals surface area contributed by atoms with Crippen molar-refractivity contribution >= 4 is 21.4 Å². The lowest BCUT2D eigenvalue weighted by atomic mass is 10.0. The van der Waals surface area contributed by atoms with Gasteiger partial charge < -0.3 is 4.74 Å². The Balaban J connectivity index is 2.27. The summed E-state index contributed by atoms with van der Waals surface area (Å²) in [5, 5.41) is 0. The summed E-state index contributed by atoms with van der Waals surface area (Å²) in [6.45, 7) is 5.76. The Hall–Kier alpha value is -0.430. The number of ether oxygens (including phenoxy) is 1. The van der Waals surface area contributed by atoms with Gasteiger partial charge in [0.15, 0.2) is 0 Å². The van der Waals surface area contributed by atoms with Crippen molar-refractivity contribution in [2.24, 2.45) is 0 Å². The first-order valence-corrected chi connectivity index (χ1v) is 8.32. The molecule has 0 N–H and O–H groups in total. The minimum atomic E-state index is -3.28. The van der Waals surface area contributed by atoms with Crippen molar-refractivity contribution in [3.63, 3.8) is 0 Å². The molecule has 1 aliphatic rings. The monoisotopic (exact) mass is 289 g/mol. The summed E-state index contributed by atoms with van der Waals surface area (Å²) in [5.41, 5.74) is 0.987. The summed E-state index contributed by atoms with van der Waals surface area (Å²) in [6.07, 6.45) is 0.738. The smallest absolute Gasteiger partial charge is 0.252 e. The lowest BCUT2D eigenvalue weighted by molar-refractivity contribution is 0.186. The van der Waals surface area contributed by atoms with Gasteiger partial charge in [-0.15, -0.1) is 11.3 Å². The number of hydrogen-bond acceptors (Lipinski definition) is 4. The fraction of sp³-hybridized carbons (Fsp3) is 0.667. The van der Waals surface area contributed by atoms with Crippen molar-refractivity contribution in [1.82, 2.24) is 4.31 Å². The van der Waals surface area contributed by atoms with Gasteiger partial charge in [0.05, 0.1) is 0 Å². The van der Waals surface area contributed by atoms with Crippen molar-refractivity contribution in [2.75, 3.05) is 26.8 Å². The highest BCUT2D eigenvalue weighted by atomic mass is 32.2. The standard InChI is InChI=1S/C12H19NO3S2/c1-9-8-13(5-4-6-16-3)18(14,15)12-11(9)7-10(2)17-12/h7,9H,4-6,8H2,1-3H3. The molecular formula is C12H19NO3S2. The van der Waals surface area contributed by atoms with E-state index in [1.165, 1.54) is 11.3 Å². The molecule has 0 aromatic carbocycles. The summed E-state index contributed by atoms with van der Waals surface area (Å²) in [5.74, 6) is 0.274. The van der Waals surface area contributed by atoms with Crippen molar-refractivity contribution in [2.45, 2.75) is 30.4 Å². The van der Waals surface area contributed by atoms with Crippen molar-refractivity contribution in [3.8, 4) is 0 Å². The second-order valence-electron chi connectivity index (χ2n) is 4.71. The van der Waals surface area contributed by atoms with Crippen LogP contribution in [0.15, 0.2) is 10.3 Å². The largest absolute Gasteiger partial charge is 0.385 e. The van der Waals surface area contributed by atoms with Crippen LogP contribution in [0.3, 0.4) is 0 Å². The Morgan fingerprint density at radius 3 is 2.94 bits per heavy atom. The molecule has 2 rings (SSSR count). The van der Waals surface area contributed by atoms with Crippen LogP contribution in [-0.4, -0.2) is 39.5 Å². The van der Waals surface area contributed by atoms with Gasteiger partial charge in [-0.05, 0) is 30.9 Å². The molecule has 102 valence electrons. The summed E-state index contributed by atoms with van der Waals surface area (Å²) in [7, 11) is -1.65. The van der Waals surface area contributed by atoms with Gasteiger partial charge in [0.25, 0.3) is 10.0 Å². The van der Waals surface area contributed by atoms with E-state index in [1.807, 2.05) is 13.0 Å². The molecule has 0 spiro atoms. The second kappa shape index (κ2) is 5.28. The topological polar surface area (TPSA) is 46.6 Å². The van der Waals surface area contributed by atoms with Gasteiger partial charge in [0.2, 0.25) is 0 Å². The van der Waals surface area contributed by atoms with Crippen LogP contribution in [0.4, 0.5) is 0 Å². The van der Waals surface area contributed by atoms with Crippen LogP contribution in [0.5, 0.6) is 0 Å². The highest BCUT2D eigenvalue weighted by Gasteiger charge is 2.36. The van der Waals surface area contributed by atoms with E-state index in [1.54, 1.807) is 11.4 Å². The van der Waals surface area contributed by atoms with Crippen LogP contribution >= 0.6 is 11.3 Å². The maximum atomic E-state index is 12.5. The van der Waals surface area contributed by atoms with E-state index in [4.69, 9.17) is 4.74 Å². The predicted molar refractivity (Wildman–Crippen MR) is 72.7 cm³/mol. The highest BCUT2D eigenvalue weighted by molar-refractivity contribution is 7.91. The number of hydrogen-bond donors (Lipinski definition) is 0. The first kappa shape index (κ1) is 14.0. The molecule has 0 aliphatic carbocycles. The Labute approximate surface area is 113 Å². The van der Waals surface area contributed by atoms with E-state index >= 15 is 0 Å². The van der Waals surface area contributed by atoms with Crippen molar-refractivity contribution in [3.05, 3.63) is 16.5 Å². The van der Waals surface area contributed by atoms with Crippen LogP contribution in [0.1, 0.15) is 29.7 Å². The lowest BCUT2D eigenvalue weighted by Gasteiger charge is -2.30. The molecule has 0 fully saturated rings. The predicted octanol–water partition coefficient (Wildman–Crippen LogP) is 2.20. The number of fused-ring (bicyclic) bond motifs is 1. The Bertz CT molecular complexity index is 521. The average Bonchev–Trinajstić information content (AvgIpc) is 2.70. The number of sulfonamides is 1. The van der Waals surface area contributed by atoms with E-state index in [9.17, 15) is 8.42 Å². The molecule has 4 nitrogen and oxygen atoms in total. The molecule has 1 unspecified atom stereocenters. The number of nitrogens with zero attached hydrogens (tertiary/aromatic N) is 1. The summed E-state index contributed by atoms with van der Waals surface area (Å²) in [4.78, 5) is 1.06. The summed E-state index contributed by atoms with van der Waals surface area (Å²) in [6, 6.07) is 2.01. The molecule has 1 aromatic rings. The van der Waals surface area contributed by atoms with Crippen LogP contribution in [0.25, 0.3) is 0 Å². The van der Waals surface area contributed by atoms with Crippen LogP contribution in [-0.2, 0) is 14.8 Å². The molecule has 1 aromatic heterocycles. The molecule has 0 bridgehead atoms. The maximum absolute atomic E-state index is 12.5. The number of aryl methyl sites for hydroxylation is 1. The average molecular weight is 289 g/mol. The molecule has 2 heterocycles. The third kappa shape index (κ3) is 2.47. The van der Waals surface area contributed by atoms with Gasteiger partial charge in [-0.2, -0.15) is 4.31 Å². The number of rotatable bonds is 4. The molecule has 0 saturated heterocycles. The quantitative estimate of drug-likeness (QED) is 0.798. The first-order valence-electron chi connectivity index (χ1n) is 6.06. The fourth-order valence-electron chi connectivity index (χ4n) is 2.27. The van der Waals surface area contributed by atoms with E-state index in [-0.39, 0.29) is 5.92 Å². The zero-order chi connectivity index (χ0) is 13.3. The van der Waals surface area contributed by atoms with Gasteiger partial charge in [-0.25, -0.2) is 8.42 Å². The third-order valence-corrected chi connectivity index (χ3v) is 6.65.